The fourth-order valence-corrected chi connectivity index (χ4v) is 5.64. The number of carbonyl (C=O) groups excluding carboxylic acids is 1. The van der Waals surface area contributed by atoms with E-state index in [1.54, 1.807) is 12.1 Å². The first-order valence-corrected chi connectivity index (χ1v) is 13.1. The number of hydrogen-bond donors (Lipinski definition) is 3. The number of allylic oxidation sites excluding steroid dienone is 1. The van der Waals surface area contributed by atoms with Crippen LogP contribution >= 0.6 is 27.3 Å². The molecule has 1 aromatic heterocycles. The average Bonchev–Trinajstić information content (AvgIpc) is 3.18. The van der Waals surface area contributed by atoms with Crippen molar-refractivity contribution in [2.45, 2.75) is 46.6 Å². The van der Waals surface area contributed by atoms with Crippen molar-refractivity contribution in [3.05, 3.63) is 75.2 Å². The van der Waals surface area contributed by atoms with E-state index in [1.165, 1.54) is 11.3 Å². The van der Waals surface area contributed by atoms with Crippen molar-refractivity contribution in [1.29, 1.82) is 0 Å². The Bertz CT molecular complexity index is 1250. The number of anilines is 2. The van der Waals surface area contributed by atoms with E-state index >= 15 is 0 Å². The summed E-state index contributed by atoms with van der Waals surface area (Å²) in [6, 6.07) is 16.7. The molecule has 178 valence electrons. The van der Waals surface area contributed by atoms with Gasteiger partial charge in [0.15, 0.2) is 10.8 Å². The number of ether oxygens (including phenoxy) is 1. The molecular weight excluding hydrogens is 512 g/mol. The number of halogens is 1. The quantitative estimate of drug-likeness (QED) is 0.291. The van der Waals surface area contributed by atoms with Gasteiger partial charge in [0.2, 0.25) is 0 Å². The van der Waals surface area contributed by atoms with Gasteiger partial charge >= 0.3 is 0 Å². The Balaban J connectivity index is 0.00000133. The maximum absolute atomic E-state index is 13.3. The maximum Gasteiger partial charge on any atom is 0.181 e. The second-order valence-electron chi connectivity index (χ2n) is 8.92. The Labute approximate surface area is 213 Å². The molecule has 0 spiro atoms. The Morgan fingerprint density at radius 2 is 1.82 bits per heavy atom. The minimum Gasteiger partial charge on any atom is -0.506 e. The van der Waals surface area contributed by atoms with Crippen molar-refractivity contribution in [2.75, 3.05) is 10.6 Å². The molecular formula is C27H29BrN2O3S. The monoisotopic (exact) mass is 540 g/mol. The van der Waals surface area contributed by atoms with Gasteiger partial charge in [0.1, 0.15) is 17.2 Å². The minimum atomic E-state index is -0.328. The van der Waals surface area contributed by atoms with Crippen LogP contribution in [0, 0.1) is 5.41 Å². The van der Waals surface area contributed by atoms with Gasteiger partial charge in [-0.3, -0.25) is 4.79 Å². The van der Waals surface area contributed by atoms with Crippen molar-refractivity contribution in [1.82, 2.24) is 0 Å². The molecule has 0 amide bonds. The number of hydrogen-bond acceptors (Lipinski definition) is 6. The first-order chi connectivity index (χ1) is 16.3. The van der Waals surface area contributed by atoms with E-state index in [-0.39, 0.29) is 23.0 Å². The Hall–Kier alpha value is -2.77. The van der Waals surface area contributed by atoms with Crippen molar-refractivity contribution in [2.24, 2.45) is 5.41 Å². The topological polar surface area (TPSA) is 70.6 Å². The van der Waals surface area contributed by atoms with Crippen LogP contribution in [0.2, 0.25) is 0 Å². The van der Waals surface area contributed by atoms with E-state index in [1.807, 2.05) is 56.3 Å². The molecule has 2 heterocycles. The third-order valence-electron chi connectivity index (χ3n) is 5.76. The van der Waals surface area contributed by atoms with E-state index in [9.17, 15) is 9.90 Å². The first kappa shape index (κ1) is 24.4. The van der Waals surface area contributed by atoms with Crippen LogP contribution in [0.25, 0.3) is 0 Å². The molecule has 7 heteroatoms. The molecule has 5 nitrogen and oxygen atoms in total. The predicted molar refractivity (Wildman–Crippen MR) is 143 cm³/mol. The fourth-order valence-electron chi connectivity index (χ4n) is 4.35. The highest BCUT2D eigenvalue weighted by molar-refractivity contribution is 9.10. The number of nitrogens with one attached hydrogen (secondary N) is 2. The van der Waals surface area contributed by atoms with Crippen LogP contribution in [0.5, 0.6) is 16.6 Å². The van der Waals surface area contributed by atoms with Crippen LogP contribution < -0.4 is 15.4 Å². The Morgan fingerprint density at radius 1 is 1.06 bits per heavy atom. The highest BCUT2D eigenvalue weighted by Crippen LogP contribution is 2.49. The molecule has 1 unspecified atom stereocenters. The molecule has 0 fully saturated rings. The van der Waals surface area contributed by atoms with Gasteiger partial charge in [-0.05, 0) is 64.2 Å². The summed E-state index contributed by atoms with van der Waals surface area (Å²) in [7, 11) is 0. The second-order valence-corrected chi connectivity index (χ2v) is 10.9. The molecule has 34 heavy (non-hydrogen) atoms. The molecule has 1 atom stereocenters. The molecule has 0 saturated carbocycles. The molecule has 0 bridgehead atoms. The van der Waals surface area contributed by atoms with Gasteiger partial charge in [-0.25, -0.2) is 0 Å². The molecule has 0 saturated heterocycles. The van der Waals surface area contributed by atoms with Crippen LogP contribution in [-0.4, -0.2) is 10.9 Å². The molecule has 0 radical (unpaired) electrons. The largest absolute Gasteiger partial charge is 0.506 e. The van der Waals surface area contributed by atoms with Crippen LogP contribution in [0.3, 0.4) is 0 Å². The predicted octanol–water partition coefficient (Wildman–Crippen LogP) is 8.26. The van der Waals surface area contributed by atoms with Crippen molar-refractivity contribution in [3.63, 3.8) is 0 Å². The SMILES string of the molecule is CC.CC1(C)CC(=O)C2=C(C1)Nc1c(O)cccc1NC2c1ccc(Oc2ccccc2Br)s1. The zero-order valence-corrected chi connectivity index (χ0v) is 22.1. The highest BCUT2D eigenvalue weighted by Gasteiger charge is 2.39. The lowest BCUT2D eigenvalue weighted by atomic mass is 9.74. The fraction of sp³-hybridized carbons (Fsp3) is 0.296. The second kappa shape index (κ2) is 9.84. The summed E-state index contributed by atoms with van der Waals surface area (Å²) in [5, 5.41) is 18.1. The molecule has 5 rings (SSSR count). The molecule has 1 aliphatic carbocycles. The maximum atomic E-state index is 13.3. The Morgan fingerprint density at radius 3 is 2.59 bits per heavy atom. The third-order valence-corrected chi connectivity index (χ3v) is 7.44. The van der Waals surface area contributed by atoms with Gasteiger partial charge in [-0.1, -0.05) is 45.9 Å². The van der Waals surface area contributed by atoms with Crippen molar-refractivity contribution >= 4 is 44.4 Å². The van der Waals surface area contributed by atoms with Gasteiger partial charge < -0.3 is 20.5 Å². The van der Waals surface area contributed by atoms with Crippen molar-refractivity contribution < 1.29 is 14.6 Å². The van der Waals surface area contributed by atoms with Gasteiger partial charge in [-0.2, -0.15) is 0 Å². The zero-order chi connectivity index (χ0) is 24.5. The zero-order valence-electron chi connectivity index (χ0n) is 19.7. The lowest BCUT2D eigenvalue weighted by molar-refractivity contribution is -0.118. The standard InChI is InChI=1S/C25H23BrN2O3S.C2H6/c1-25(2)12-16-22(18(30)13-25)24(27-15-7-5-8-17(29)23(15)28-16)20-10-11-21(32-20)31-19-9-4-3-6-14(19)26;1-2/h3-11,24,27-29H,12-13H2,1-2H3;1-2H3. The van der Waals surface area contributed by atoms with E-state index in [0.29, 0.717) is 12.1 Å². The summed E-state index contributed by atoms with van der Waals surface area (Å²) >= 11 is 5.03. The number of phenolic OH excluding ortho intramolecular Hbond substituents is 1. The molecule has 3 aromatic rings. The van der Waals surface area contributed by atoms with E-state index in [0.717, 1.165) is 43.5 Å². The van der Waals surface area contributed by atoms with Crippen molar-refractivity contribution in [3.8, 4) is 16.6 Å². The summed E-state index contributed by atoms with van der Waals surface area (Å²) in [6.07, 6.45) is 1.21. The van der Waals surface area contributed by atoms with Gasteiger partial charge in [0.05, 0.1) is 16.2 Å². The van der Waals surface area contributed by atoms with Crippen LogP contribution in [0.15, 0.2) is 70.3 Å². The summed E-state index contributed by atoms with van der Waals surface area (Å²) in [6.45, 7) is 8.20. The smallest absolute Gasteiger partial charge is 0.181 e. The number of carbonyl (C=O) groups is 1. The summed E-state index contributed by atoms with van der Waals surface area (Å²) in [4.78, 5) is 14.3. The normalized spacial score (nSPS) is 18.4. The number of benzene rings is 2. The first-order valence-electron chi connectivity index (χ1n) is 11.4. The number of phenols is 1. The third kappa shape index (κ3) is 4.86. The lowest BCUT2D eigenvalue weighted by Crippen LogP contribution is -2.31. The van der Waals surface area contributed by atoms with Gasteiger partial charge in [-0.15, -0.1) is 11.3 Å². The van der Waals surface area contributed by atoms with Crippen LogP contribution in [0.1, 0.15) is 51.5 Å². The molecule has 2 aliphatic rings. The molecule has 3 N–H and O–H groups in total. The van der Waals surface area contributed by atoms with E-state index < -0.39 is 0 Å². The molecule has 1 aliphatic heterocycles. The number of rotatable bonds is 3. The summed E-state index contributed by atoms with van der Waals surface area (Å²) < 4.78 is 6.96. The number of aromatic hydroxyl groups is 1. The number of thiophene rings is 1. The summed E-state index contributed by atoms with van der Waals surface area (Å²) in [5.41, 5.74) is 2.82. The van der Waals surface area contributed by atoms with Crippen LogP contribution in [0.4, 0.5) is 11.4 Å². The van der Waals surface area contributed by atoms with E-state index in [4.69, 9.17) is 4.74 Å². The Kier molecular flexibility index (Phi) is 7.05. The highest BCUT2D eigenvalue weighted by atomic mass is 79.9. The van der Waals surface area contributed by atoms with E-state index in [2.05, 4.69) is 40.4 Å². The molecule has 2 aromatic carbocycles. The minimum absolute atomic E-state index is 0.121. The number of ketones is 1. The van der Waals surface area contributed by atoms with Gasteiger partial charge in [0.25, 0.3) is 0 Å². The van der Waals surface area contributed by atoms with Crippen LogP contribution in [-0.2, 0) is 4.79 Å². The number of fused-ring (bicyclic) bond motifs is 1. The van der Waals surface area contributed by atoms with Gasteiger partial charge in [0, 0.05) is 22.6 Å². The summed E-state index contributed by atoms with van der Waals surface area (Å²) in [5.74, 6) is 1.01. The number of Topliss-reactive ketones (excluding diaryl/α,β-unsaturated/α-hetero) is 1. The average molecular weight is 542 g/mol. The number of para-hydroxylation sites is 2. The lowest BCUT2D eigenvalue weighted by Gasteiger charge is -2.33.